The van der Waals surface area contributed by atoms with E-state index in [2.05, 4.69) is 36.3 Å². The third-order valence-electron chi connectivity index (χ3n) is 4.43. The monoisotopic (exact) mass is 405 g/mol. The fraction of sp³-hybridized carbons (Fsp3) is 0.450. The summed E-state index contributed by atoms with van der Waals surface area (Å²) >= 11 is 6.47. The largest absolute Gasteiger partial charge is 0.375 e. The Kier molecular flexibility index (Phi) is 8.31. The number of unbranched alkanes of at least 4 members (excludes halogenated alkanes) is 3. The van der Waals surface area contributed by atoms with Crippen LogP contribution >= 0.6 is 24.0 Å². The number of likely N-dealkylation sites (N-methyl/N-ethyl adjacent to an activating group) is 1. The first kappa shape index (κ1) is 21.4. The van der Waals surface area contributed by atoms with Gasteiger partial charge in [0, 0.05) is 26.3 Å². The predicted molar refractivity (Wildman–Crippen MR) is 118 cm³/mol. The smallest absolute Gasteiger partial charge is 0.266 e. The first-order valence-electron chi connectivity index (χ1n) is 9.23. The van der Waals surface area contributed by atoms with Gasteiger partial charge in [-0.05, 0) is 30.2 Å². The minimum absolute atomic E-state index is 0.0414. The number of nitrogens with one attached hydrogen (secondary N) is 1. The molecule has 146 valence electrons. The molecule has 1 aliphatic rings. The number of thioether (sulfide) groups is 1. The van der Waals surface area contributed by atoms with Crippen molar-refractivity contribution in [2.75, 3.05) is 32.1 Å². The lowest BCUT2D eigenvalue weighted by molar-refractivity contribution is -0.128. The minimum atomic E-state index is -0.237. The summed E-state index contributed by atoms with van der Waals surface area (Å²) in [5, 5.41) is 2.51. The fourth-order valence-corrected chi connectivity index (χ4v) is 4.00. The topological polar surface area (TPSA) is 52.6 Å². The van der Waals surface area contributed by atoms with Crippen molar-refractivity contribution in [2.24, 2.45) is 0 Å². The molecule has 0 aromatic heterocycles. The van der Waals surface area contributed by atoms with Crippen LogP contribution in [0.3, 0.4) is 0 Å². The van der Waals surface area contributed by atoms with E-state index < -0.39 is 0 Å². The number of hydrogen-bond acceptors (Lipinski definition) is 5. The molecule has 1 N–H and O–H groups in total. The highest BCUT2D eigenvalue weighted by Gasteiger charge is 2.33. The Morgan fingerprint density at radius 1 is 1.26 bits per heavy atom. The van der Waals surface area contributed by atoms with Crippen molar-refractivity contribution in [1.82, 2.24) is 10.2 Å². The molecule has 1 aromatic rings. The molecule has 7 heteroatoms. The Bertz CT molecular complexity index is 716. The molecule has 2 amide bonds. The van der Waals surface area contributed by atoms with E-state index in [1.807, 2.05) is 18.2 Å². The van der Waals surface area contributed by atoms with Crippen molar-refractivity contribution >= 4 is 51.9 Å². The summed E-state index contributed by atoms with van der Waals surface area (Å²) in [4.78, 5) is 28.2. The quantitative estimate of drug-likeness (QED) is 0.386. The molecular weight excluding hydrogens is 378 g/mol. The number of anilines is 1. The molecule has 2 rings (SSSR count). The number of amides is 2. The standard InChI is InChI=1S/C20H27N3O2S2/c1-4-5-6-7-12-22(3)16-10-8-15(9-11-16)13-17-19(25)23(20(26)27-17)14-18(24)21-2/h8-11,13H,4-7,12,14H2,1-3H3,(H,21,24)/b17-13-. The number of rotatable bonds is 9. The highest BCUT2D eigenvalue weighted by Crippen LogP contribution is 2.32. The molecule has 0 spiro atoms. The number of thiocarbonyl (C=S) groups is 1. The van der Waals surface area contributed by atoms with E-state index in [1.165, 1.54) is 49.4 Å². The van der Waals surface area contributed by atoms with E-state index in [0.29, 0.717) is 9.23 Å². The van der Waals surface area contributed by atoms with Gasteiger partial charge in [-0.1, -0.05) is 62.3 Å². The Morgan fingerprint density at radius 3 is 2.59 bits per heavy atom. The maximum atomic E-state index is 12.5. The van der Waals surface area contributed by atoms with Crippen LogP contribution < -0.4 is 10.2 Å². The summed E-state index contributed by atoms with van der Waals surface area (Å²) in [6.45, 7) is 3.21. The second-order valence-electron chi connectivity index (χ2n) is 6.51. The van der Waals surface area contributed by atoms with Crippen LogP contribution in [0.25, 0.3) is 6.08 Å². The Balaban J connectivity index is 2.00. The Hall–Kier alpha value is -1.86. The van der Waals surface area contributed by atoms with Crippen molar-refractivity contribution in [2.45, 2.75) is 32.6 Å². The number of hydrogen-bond donors (Lipinski definition) is 1. The maximum absolute atomic E-state index is 12.5. The highest BCUT2D eigenvalue weighted by molar-refractivity contribution is 8.26. The molecule has 0 aliphatic carbocycles. The molecule has 1 aromatic carbocycles. The second-order valence-corrected chi connectivity index (χ2v) is 8.19. The van der Waals surface area contributed by atoms with E-state index in [0.717, 1.165) is 17.8 Å². The van der Waals surface area contributed by atoms with Crippen molar-refractivity contribution < 1.29 is 9.59 Å². The summed E-state index contributed by atoms with van der Waals surface area (Å²) in [6, 6.07) is 8.14. The molecule has 0 unspecified atom stereocenters. The van der Waals surface area contributed by atoms with Gasteiger partial charge in [0.15, 0.2) is 0 Å². The van der Waals surface area contributed by atoms with Gasteiger partial charge in [-0.25, -0.2) is 0 Å². The Morgan fingerprint density at radius 2 is 1.96 bits per heavy atom. The zero-order valence-electron chi connectivity index (χ0n) is 16.2. The van der Waals surface area contributed by atoms with E-state index in [9.17, 15) is 9.59 Å². The van der Waals surface area contributed by atoms with Gasteiger partial charge < -0.3 is 10.2 Å². The summed E-state index contributed by atoms with van der Waals surface area (Å²) in [5.41, 5.74) is 2.11. The molecule has 0 saturated carbocycles. The number of carbonyl (C=O) groups is 2. The lowest BCUT2D eigenvalue weighted by atomic mass is 10.1. The average Bonchev–Trinajstić information content (AvgIpc) is 2.93. The first-order valence-corrected chi connectivity index (χ1v) is 10.5. The van der Waals surface area contributed by atoms with E-state index in [-0.39, 0.29) is 18.4 Å². The fourth-order valence-electron chi connectivity index (χ4n) is 2.74. The van der Waals surface area contributed by atoms with Gasteiger partial charge in [-0.2, -0.15) is 0 Å². The van der Waals surface area contributed by atoms with Crippen LogP contribution in [0, 0.1) is 0 Å². The van der Waals surface area contributed by atoms with E-state index >= 15 is 0 Å². The van der Waals surface area contributed by atoms with Crippen LogP contribution in [-0.4, -0.2) is 48.2 Å². The normalized spacial score (nSPS) is 15.5. The van der Waals surface area contributed by atoms with E-state index in [1.54, 1.807) is 0 Å². The average molecular weight is 406 g/mol. The Labute approximate surface area is 171 Å². The van der Waals surface area contributed by atoms with Gasteiger partial charge >= 0.3 is 0 Å². The van der Waals surface area contributed by atoms with Crippen LogP contribution in [0.2, 0.25) is 0 Å². The summed E-state index contributed by atoms with van der Waals surface area (Å²) < 4.78 is 0.415. The molecule has 1 aliphatic heterocycles. The van der Waals surface area contributed by atoms with Crippen LogP contribution in [0.4, 0.5) is 5.69 Å². The number of carbonyl (C=O) groups excluding carboxylic acids is 2. The number of nitrogens with zero attached hydrogens (tertiary/aromatic N) is 2. The van der Waals surface area contributed by atoms with Gasteiger partial charge in [0.25, 0.3) is 5.91 Å². The zero-order chi connectivity index (χ0) is 19.8. The summed E-state index contributed by atoms with van der Waals surface area (Å²) in [5.74, 6) is -0.454. The molecule has 1 heterocycles. The van der Waals surface area contributed by atoms with Crippen molar-refractivity contribution in [3.8, 4) is 0 Å². The summed E-state index contributed by atoms with van der Waals surface area (Å²) in [6.07, 6.45) is 6.81. The molecule has 0 atom stereocenters. The predicted octanol–water partition coefficient (Wildman–Crippen LogP) is 3.65. The van der Waals surface area contributed by atoms with Gasteiger partial charge in [0.2, 0.25) is 5.91 Å². The SMILES string of the molecule is CCCCCCN(C)c1ccc(/C=C2\SC(=S)N(CC(=O)NC)C2=O)cc1. The van der Waals surface area contributed by atoms with Crippen LogP contribution in [-0.2, 0) is 9.59 Å². The molecular formula is C20H27N3O2S2. The van der Waals surface area contributed by atoms with Crippen molar-refractivity contribution in [3.05, 3.63) is 34.7 Å². The van der Waals surface area contributed by atoms with Gasteiger partial charge in [-0.3, -0.25) is 14.5 Å². The van der Waals surface area contributed by atoms with Crippen LogP contribution in [0.5, 0.6) is 0 Å². The van der Waals surface area contributed by atoms with Gasteiger partial charge in [-0.15, -0.1) is 0 Å². The van der Waals surface area contributed by atoms with Crippen LogP contribution in [0.15, 0.2) is 29.2 Å². The molecule has 0 radical (unpaired) electrons. The molecule has 0 bridgehead atoms. The van der Waals surface area contributed by atoms with E-state index in [4.69, 9.17) is 12.2 Å². The minimum Gasteiger partial charge on any atom is -0.375 e. The first-order chi connectivity index (χ1) is 13.0. The zero-order valence-corrected chi connectivity index (χ0v) is 17.8. The molecule has 1 fully saturated rings. The summed E-state index contributed by atoms with van der Waals surface area (Å²) in [7, 11) is 3.64. The highest BCUT2D eigenvalue weighted by atomic mass is 32.2. The lowest BCUT2D eigenvalue weighted by Gasteiger charge is -2.19. The lowest BCUT2D eigenvalue weighted by Crippen LogP contribution is -2.38. The molecule has 1 saturated heterocycles. The molecule has 27 heavy (non-hydrogen) atoms. The van der Waals surface area contributed by atoms with Crippen molar-refractivity contribution in [1.29, 1.82) is 0 Å². The van der Waals surface area contributed by atoms with Gasteiger partial charge in [0.1, 0.15) is 10.9 Å². The number of benzene rings is 1. The van der Waals surface area contributed by atoms with Crippen LogP contribution in [0.1, 0.15) is 38.2 Å². The third-order valence-corrected chi connectivity index (χ3v) is 5.81. The molecule has 5 nitrogen and oxygen atoms in total. The van der Waals surface area contributed by atoms with Crippen molar-refractivity contribution in [3.63, 3.8) is 0 Å². The third kappa shape index (κ3) is 6.07. The maximum Gasteiger partial charge on any atom is 0.266 e. The second kappa shape index (κ2) is 10.5. The van der Waals surface area contributed by atoms with Gasteiger partial charge in [0.05, 0.1) is 4.91 Å².